The summed E-state index contributed by atoms with van der Waals surface area (Å²) >= 11 is 1.36. The molecule has 1 aromatic carbocycles. The van der Waals surface area contributed by atoms with Gasteiger partial charge in [0.15, 0.2) is 5.58 Å². The Balaban J connectivity index is 1.73. The molecule has 3 rings (SSSR count). The number of amides is 1. The van der Waals surface area contributed by atoms with Gasteiger partial charge in [0.1, 0.15) is 5.69 Å². The number of benzene rings is 1. The molecule has 0 aliphatic rings. The number of fused-ring (bicyclic) bond motifs is 1. The molecule has 1 amide bonds. The van der Waals surface area contributed by atoms with E-state index in [1.165, 1.54) is 15.9 Å². The third-order valence-corrected chi connectivity index (χ3v) is 3.70. The zero-order valence-corrected chi connectivity index (χ0v) is 12.1. The fraction of sp³-hybridized carbons (Fsp3) is 0.214. The number of nitrogens with one attached hydrogen (secondary N) is 1. The van der Waals surface area contributed by atoms with Crippen LogP contribution in [0.5, 0.6) is 0 Å². The van der Waals surface area contributed by atoms with Crippen LogP contribution in [0.15, 0.2) is 38.3 Å². The number of hydrogen-bond donors (Lipinski definition) is 1. The Morgan fingerprint density at radius 3 is 3.10 bits per heavy atom. The lowest BCUT2D eigenvalue weighted by molar-refractivity contribution is 0.0948. The molecule has 21 heavy (non-hydrogen) atoms. The fourth-order valence-electron chi connectivity index (χ4n) is 2.08. The van der Waals surface area contributed by atoms with Crippen molar-refractivity contribution < 1.29 is 9.21 Å². The molecule has 2 aromatic heterocycles. The molecule has 0 radical (unpaired) electrons. The standard InChI is InChI=1S/C14H13N3O3S/c1-9-2-3-12-11(6-9)17(14(19)20-12)5-4-15-13(18)10-7-21-8-16-10/h2-3,6-8H,4-5H2,1H3,(H,15,18). The first-order chi connectivity index (χ1) is 10.1. The maximum Gasteiger partial charge on any atom is 0.420 e. The van der Waals surface area contributed by atoms with Gasteiger partial charge < -0.3 is 9.73 Å². The van der Waals surface area contributed by atoms with E-state index in [0.29, 0.717) is 24.4 Å². The molecule has 0 atom stereocenters. The number of aromatic nitrogens is 2. The number of aryl methyl sites for hydroxylation is 1. The van der Waals surface area contributed by atoms with Gasteiger partial charge in [0.05, 0.1) is 11.0 Å². The summed E-state index contributed by atoms with van der Waals surface area (Å²) in [6, 6.07) is 5.55. The second-order valence-corrected chi connectivity index (χ2v) is 5.34. The zero-order chi connectivity index (χ0) is 14.8. The summed E-state index contributed by atoms with van der Waals surface area (Å²) in [7, 11) is 0. The van der Waals surface area contributed by atoms with Crippen molar-refractivity contribution in [2.45, 2.75) is 13.5 Å². The largest absolute Gasteiger partial charge is 0.420 e. The molecule has 0 fully saturated rings. The minimum atomic E-state index is -0.418. The first-order valence-corrected chi connectivity index (χ1v) is 7.36. The van der Waals surface area contributed by atoms with E-state index in [2.05, 4.69) is 10.3 Å². The third kappa shape index (κ3) is 2.73. The predicted octanol–water partition coefficient (Wildman–Crippen LogP) is 1.79. The van der Waals surface area contributed by atoms with Crippen molar-refractivity contribution in [3.8, 4) is 0 Å². The van der Waals surface area contributed by atoms with Crippen molar-refractivity contribution in [1.82, 2.24) is 14.9 Å². The third-order valence-electron chi connectivity index (χ3n) is 3.11. The highest BCUT2D eigenvalue weighted by atomic mass is 32.1. The number of carbonyl (C=O) groups excluding carboxylic acids is 1. The van der Waals surface area contributed by atoms with Gasteiger partial charge in [0.2, 0.25) is 0 Å². The van der Waals surface area contributed by atoms with Crippen LogP contribution in [-0.2, 0) is 6.54 Å². The Kier molecular flexibility index (Phi) is 3.57. The van der Waals surface area contributed by atoms with E-state index in [0.717, 1.165) is 11.1 Å². The maximum atomic E-state index is 11.8. The lowest BCUT2D eigenvalue weighted by Gasteiger charge is -2.04. The van der Waals surface area contributed by atoms with Gasteiger partial charge in [-0.3, -0.25) is 9.36 Å². The fourth-order valence-corrected chi connectivity index (χ4v) is 2.61. The Hall–Kier alpha value is -2.41. The van der Waals surface area contributed by atoms with Crippen molar-refractivity contribution in [3.63, 3.8) is 0 Å². The van der Waals surface area contributed by atoms with E-state index in [1.54, 1.807) is 17.0 Å². The van der Waals surface area contributed by atoms with E-state index < -0.39 is 5.76 Å². The Bertz CT molecular complexity index is 833. The van der Waals surface area contributed by atoms with Gasteiger partial charge in [-0.05, 0) is 24.6 Å². The zero-order valence-electron chi connectivity index (χ0n) is 11.3. The number of rotatable bonds is 4. The molecule has 2 heterocycles. The summed E-state index contributed by atoms with van der Waals surface area (Å²) in [5.74, 6) is -0.660. The van der Waals surface area contributed by atoms with Gasteiger partial charge in [-0.25, -0.2) is 9.78 Å². The molecule has 3 aromatic rings. The molecule has 0 bridgehead atoms. The molecule has 0 saturated heterocycles. The molecule has 1 N–H and O–H groups in total. The number of nitrogens with zero attached hydrogens (tertiary/aromatic N) is 2. The number of thiazole rings is 1. The van der Waals surface area contributed by atoms with Crippen LogP contribution < -0.4 is 11.1 Å². The van der Waals surface area contributed by atoms with Crippen LogP contribution in [0.4, 0.5) is 0 Å². The maximum absolute atomic E-state index is 11.8. The van der Waals surface area contributed by atoms with Gasteiger partial charge in [0, 0.05) is 18.5 Å². The second kappa shape index (κ2) is 5.53. The van der Waals surface area contributed by atoms with Crippen molar-refractivity contribution in [2.75, 3.05) is 6.54 Å². The summed E-state index contributed by atoms with van der Waals surface area (Å²) in [5.41, 5.74) is 4.33. The summed E-state index contributed by atoms with van der Waals surface area (Å²) < 4.78 is 6.69. The van der Waals surface area contributed by atoms with Crippen LogP contribution in [-0.4, -0.2) is 22.0 Å². The Labute approximate surface area is 124 Å². The van der Waals surface area contributed by atoms with Gasteiger partial charge in [0.25, 0.3) is 5.91 Å². The first-order valence-electron chi connectivity index (χ1n) is 6.41. The van der Waals surface area contributed by atoms with Crippen LogP contribution in [0.25, 0.3) is 11.1 Å². The predicted molar refractivity (Wildman–Crippen MR) is 79.7 cm³/mol. The van der Waals surface area contributed by atoms with Crippen molar-refractivity contribution in [1.29, 1.82) is 0 Å². The SMILES string of the molecule is Cc1ccc2oc(=O)n(CCNC(=O)c3cscn3)c2c1. The van der Waals surface area contributed by atoms with Crippen molar-refractivity contribution in [2.24, 2.45) is 0 Å². The normalized spacial score (nSPS) is 10.9. The first kappa shape index (κ1) is 13.6. The molecule has 0 saturated carbocycles. The summed E-state index contributed by atoms with van der Waals surface area (Å²) in [6.07, 6.45) is 0. The van der Waals surface area contributed by atoms with Gasteiger partial charge in [-0.1, -0.05) is 6.07 Å². The molecule has 0 unspecified atom stereocenters. The van der Waals surface area contributed by atoms with Gasteiger partial charge >= 0.3 is 5.76 Å². The van der Waals surface area contributed by atoms with Crippen LogP contribution in [0.3, 0.4) is 0 Å². The minimum Gasteiger partial charge on any atom is -0.408 e. The van der Waals surface area contributed by atoms with E-state index >= 15 is 0 Å². The molecule has 0 aliphatic heterocycles. The van der Waals surface area contributed by atoms with Crippen LogP contribution in [0, 0.1) is 6.92 Å². The van der Waals surface area contributed by atoms with Gasteiger partial charge in [-0.15, -0.1) is 11.3 Å². The van der Waals surface area contributed by atoms with Crippen LogP contribution in [0.1, 0.15) is 16.1 Å². The van der Waals surface area contributed by atoms with Crippen LogP contribution in [0.2, 0.25) is 0 Å². The molecule has 0 spiro atoms. The van der Waals surface area contributed by atoms with Crippen molar-refractivity contribution >= 4 is 28.3 Å². The molecule has 7 heteroatoms. The lowest BCUT2D eigenvalue weighted by Crippen LogP contribution is -2.29. The molecular formula is C14H13N3O3S. The molecule has 108 valence electrons. The number of carbonyl (C=O) groups is 1. The highest BCUT2D eigenvalue weighted by Crippen LogP contribution is 2.14. The second-order valence-electron chi connectivity index (χ2n) is 4.62. The minimum absolute atomic E-state index is 0.242. The van der Waals surface area contributed by atoms with E-state index in [4.69, 9.17) is 4.42 Å². The molecule has 0 aliphatic carbocycles. The van der Waals surface area contributed by atoms with E-state index in [-0.39, 0.29) is 5.91 Å². The summed E-state index contributed by atoms with van der Waals surface area (Å²) in [6.45, 7) is 2.63. The smallest absolute Gasteiger partial charge is 0.408 e. The van der Waals surface area contributed by atoms with Crippen molar-refractivity contribution in [3.05, 3.63) is 50.9 Å². The number of oxazole rings is 1. The van der Waals surface area contributed by atoms with E-state index in [9.17, 15) is 9.59 Å². The molecule has 6 nitrogen and oxygen atoms in total. The average molecular weight is 303 g/mol. The monoisotopic (exact) mass is 303 g/mol. The molecular weight excluding hydrogens is 290 g/mol. The quantitative estimate of drug-likeness (QED) is 0.797. The lowest BCUT2D eigenvalue weighted by atomic mass is 10.2. The highest BCUT2D eigenvalue weighted by Gasteiger charge is 2.10. The van der Waals surface area contributed by atoms with E-state index in [1.807, 2.05) is 19.1 Å². The highest BCUT2D eigenvalue weighted by molar-refractivity contribution is 7.07. The average Bonchev–Trinajstić information content (AvgIpc) is 3.08. The summed E-state index contributed by atoms with van der Waals surface area (Å²) in [4.78, 5) is 27.5. The topological polar surface area (TPSA) is 77.1 Å². The van der Waals surface area contributed by atoms with Gasteiger partial charge in [-0.2, -0.15) is 0 Å². The number of hydrogen-bond acceptors (Lipinski definition) is 5. The Morgan fingerprint density at radius 1 is 1.48 bits per heavy atom. The van der Waals surface area contributed by atoms with Crippen LogP contribution >= 0.6 is 11.3 Å². The summed E-state index contributed by atoms with van der Waals surface area (Å²) in [5, 5.41) is 4.41. The Morgan fingerprint density at radius 2 is 2.33 bits per heavy atom.